The number of rotatable bonds is 7. The molecule has 2 N–H and O–H groups in total. The van der Waals surface area contributed by atoms with Gasteiger partial charge in [0.1, 0.15) is 0 Å². The maximum absolute atomic E-state index is 12.0. The molecule has 0 aliphatic carbocycles. The summed E-state index contributed by atoms with van der Waals surface area (Å²) in [5.74, 6) is -1.40. The summed E-state index contributed by atoms with van der Waals surface area (Å²) in [6, 6.07) is 8.64. The number of aliphatic carboxylic acids is 1. The van der Waals surface area contributed by atoms with Gasteiger partial charge in [-0.2, -0.15) is 0 Å². The number of hydrogen-bond donors (Lipinski definition) is 2. The molecule has 0 radical (unpaired) electrons. The van der Waals surface area contributed by atoms with E-state index in [2.05, 4.69) is 5.32 Å². The molecule has 0 spiro atoms. The zero-order valence-corrected chi connectivity index (χ0v) is 12.1. The van der Waals surface area contributed by atoms with Crippen molar-refractivity contribution in [3.05, 3.63) is 35.9 Å². The zero-order chi connectivity index (χ0) is 15.2. The fourth-order valence-electron chi connectivity index (χ4n) is 1.98. The molecule has 1 amide bonds. The van der Waals surface area contributed by atoms with Gasteiger partial charge in [-0.15, -0.1) is 0 Å². The normalized spacial score (nSPS) is 12.8. The molecule has 20 heavy (non-hydrogen) atoms. The Morgan fingerprint density at radius 1 is 1.30 bits per heavy atom. The highest BCUT2D eigenvalue weighted by atomic mass is 16.5. The number of carboxylic acids is 1. The second kappa shape index (κ2) is 7.05. The lowest BCUT2D eigenvalue weighted by Crippen LogP contribution is -2.45. The lowest BCUT2D eigenvalue weighted by atomic mass is 9.81. The first-order chi connectivity index (χ1) is 9.36. The van der Waals surface area contributed by atoms with Crippen molar-refractivity contribution >= 4 is 11.9 Å². The Balaban J connectivity index is 2.67. The van der Waals surface area contributed by atoms with Gasteiger partial charge in [-0.1, -0.05) is 44.2 Å². The summed E-state index contributed by atoms with van der Waals surface area (Å²) in [4.78, 5) is 23.0. The van der Waals surface area contributed by atoms with Crippen LogP contribution in [0.3, 0.4) is 0 Å². The molecule has 0 aliphatic heterocycles. The largest absolute Gasteiger partial charge is 0.480 e. The molecule has 0 aliphatic rings. The smallest absolute Gasteiger partial charge is 0.328 e. The van der Waals surface area contributed by atoms with Crippen LogP contribution in [0.25, 0.3) is 0 Å². The van der Waals surface area contributed by atoms with Gasteiger partial charge in [0.25, 0.3) is 0 Å². The number of methoxy groups -OCH3 is 1. The van der Waals surface area contributed by atoms with Crippen molar-refractivity contribution in [1.82, 2.24) is 5.32 Å². The minimum atomic E-state index is -1.10. The van der Waals surface area contributed by atoms with Crippen molar-refractivity contribution in [3.63, 3.8) is 0 Å². The van der Waals surface area contributed by atoms with E-state index in [0.717, 1.165) is 5.56 Å². The van der Waals surface area contributed by atoms with Gasteiger partial charge in [-0.3, -0.25) is 4.79 Å². The number of benzene rings is 1. The molecule has 1 unspecified atom stereocenters. The highest BCUT2D eigenvalue weighted by Gasteiger charge is 2.27. The minimum absolute atomic E-state index is 0.0488. The zero-order valence-electron chi connectivity index (χ0n) is 12.1. The molecule has 5 heteroatoms. The molecule has 5 nitrogen and oxygen atoms in total. The fraction of sp³-hybridized carbons (Fsp3) is 0.467. The number of carbonyl (C=O) groups is 2. The summed E-state index contributed by atoms with van der Waals surface area (Å²) in [6.07, 6.45) is 0.213. The first kappa shape index (κ1) is 16.2. The van der Waals surface area contributed by atoms with Crippen LogP contribution in [0.2, 0.25) is 0 Å². The third-order valence-corrected chi connectivity index (χ3v) is 3.12. The third-order valence-electron chi connectivity index (χ3n) is 3.12. The van der Waals surface area contributed by atoms with E-state index in [9.17, 15) is 9.59 Å². The highest BCUT2D eigenvalue weighted by molar-refractivity contribution is 5.84. The fourth-order valence-corrected chi connectivity index (χ4v) is 1.98. The van der Waals surface area contributed by atoms with Crippen LogP contribution in [-0.4, -0.2) is 36.7 Å². The van der Waals surface area contributed by atoms with Gasteiger partial charge in [-0.25, -0.2) is 4.79 Å². The van der Waals surface area contributed by atoms with Crippen molar-refractivity contribution in [2.75, 3.05) is 13.7 Å². The van der Waals surface area contributed by atoms with E-state index in [-0.39, 0.29) is 24.3 Å². The van der Waals surface area contributed by atoms with Crippen LogP contribution in [-0.2, 0) is 19.7 Å². The van der Waals surface area contributed by atoms with Gasteiger partial charge in [0.15, 0.2) is 6.04 Å². The van der Waals surface area contributed by atoms with E-state index in [1.807, 2.05) is 44.2 Å². The number of ether oxygens (including phenoxy) is 1. The quantitative estimate of drug-likeness (QED) is 0.794. The summed E-state index contributed by atoms with van der Waals surface area (Å²) in [7, 11) is 1.40. The summed E-state index contributed by atoms with van der Waals surface area (Å²) < 4.78 is 4.79. The summed E-state index contributed by atoms with van der Waals surface area (Å²) >= 11 is 0. The predicted octanol–water partition coefficient (Wildman–Crippen LogP) is 1.57. The van der Waals surface area contributed by atoms with Crippen LogP contribution < -0.4 is 5.32 Å². The SMILES string of the molecule is COCC(NC(=O)CC(C)(C)c1ccccc1)C(=O)O. The van der Waals surface area contributed by atoms with Crippen LogP contribution in [0.4, 0.5) is 0 Å². The molecule has 110 valence electrons. The van der Waals surface area contributed by atoms with Crippen molar-refractivity contribution in [3.8, 4) is 0 Å². The maximum atomic E-state index is 12.0. The number of carboxylic acid groups (broad SMARTS) is 1. The Kier molecular flexibility index (Phi) is 5.70. The first-order valence-electron chi connectivity index (χ1n) is 6.43. The van der Waals surface area contributed by atoms with Crippen molar-refractivity contribution in [2.24, 2.45) is 0 Å². The van der Waals surface area contributed by atoms with E-state index >= 15 is 0 Å². The van der Waals surface area contributed by atoms with Crippen LogP contribution in [0.1, 0.15) is 25.8 Å². The van der Waals surface area contributed by atoms with Crippen LogP contribution in [0, 0.1) is 0 Å². The van der Waals surface area contributed by atoms with E-state index in [1.165, 1.54) is 7.11 Å². The molecule has 0 saturated carbocycles. The van der Waals surface area contributed by atoms with Crippen molar-refractivity contribution < 1.29 is 19.4 Å². The predicted molar refractivity (Wildman–Crippen MR) is 75.5 cm³/mol. The third kappa shape index (κ3) is 4.66. The topological polar surface area (TPSA) is 75.6 Å². The number of nitrogens with one attached hydrogen (secondary N) is 1. The van der Waals surface area contributed by atoms with Crippen LogP contribution in [0.5, 0.6) is 0 Å². The second-order valence-electron chi connectivity index (χ2n) is 5.34. The van der Waals surface area contributed by atoms with Crippen molar-refractivity contribution in [1.29, 1.82) is 0 Å². The maximum Gasteiger partial charge on any atom is 0.328 e. The second-order valence-corrected chi connectivity index (χ2v) is 5.34. The summed E-state index contributed by atoms with van der Waals surface area (Å²) in [6.45, 7) is 3.86. The number of amides is 1. The monoisotopic (exact) mass is 279 g/mol. The van der Waals surface area contributed by atoms with Gasteiger partial charge in [-0.05, 0) is 11.0 Å². The van der Waals surface area contributed by atoms with Gasteiger partial charge >= 0.3 is 5.97 Å². The number of carbonyl (C=O) groups excluding carboxylic acids is 1. The van der Waals surface area contributed by atoms with Gasteiger partial charge < -0.3 is 15.2 Å². The van der Waals surface area contributed by atoms with E-state index in [4.69, 9.17) is 9.84 Å². The highest BCUT2D eigenvalue weighted by Crippen LogP contribution is 2.26. The first-order valence-corrected chi connectivity index (χ1v) is 6.43. The van der Waals surface area contributed by atoms with E-state index in [1.54, 1.807) is 0 Å². The molecule has 1 atom stereocenters. The number of hydrogen-bond acceptors (Lipinski definition) is 3. The summed E-state index contributed by atoms with van der Waals surface area (Å²) in [5, 5.41) is 11.5. The van der Waals surface area contributed by atoms with Crippen LogP contribution >= 0.6 is 0 Å². The Bertz CT molecular complexity index is 456. The Hall–Kier alpha value is -1.88. The summed E-state index contributed by atoms with van der Waals surface area (Å²) in [5.41, 5.74) is 0.676. The molecule has 1 aromatic carbocycles. The van der Waals surface area contributed by atoms with Crippen molar-refractivity contribution in [2.45, 2.75) is 31.7 Å². The molecule has 0 bridgehead atoms. The molecule has 0 saturated heterocycles. The molecular weight excluding hydrogens is 258 g/mol. The van der Waals surface area contributed by atoms with Crippen LogP contribution in [0.15, 0.2) is 30.3 Å². The molecule has 0 fully saturated rings. The average molecular weight is 279 g/mol. The molecule has 1 rings (SSSR count). The molecule has 0 aromatic heterocycles. The Morgan fingerprint density at radius 2 is 1.90 bits per heavy atom. The Labute approximate surface area is 118 Å². The van der Waals surface area contributed by atoms with Gasteiger partial charge in [0, 0.05) is 13.5 Å². The van der Waals surface area contributed by atoms with Gasteiger partial charge in [0.2, 0.25) is 5.91 Å². The standard InChI is InChI=1S/C15H21NO4/c1-15(2,11-7-5-4-6-8-11)9-13(17)16-12(10-20-3)14(18)19/h4-8,12H,9-10H2,1-3H3,(H,16,17)(H,18,19). The lowest BCUT2D eigenvalue weighted by molar-refractivity contribution is -0.143. The lowest BCUT2D eigenvalue weighted by Gasteiger charge is -2.25. The average Bonchev–Trinajstić information content (AvgIpc) is 2.38. The minimum Gasteiger partial charge on any atom is -0.480 e. The molecule has 0 heterocycles. The Morgan fingerprint density at radius 3 is 2.40 bits per heavy atom. The molecule has 1 aromatic rings. The molecular formula is C15H21NO4. The van der Waals surface area contributed by atoms with E-state index < -0.39 is 12.0 Å². The van der Waals surface area contributed by atoms with E-state index in [0.29, 0.717) is 0 Å². The van der Waals surface area contributed by atoms with Gasteiger partial charge in [0.05, 0.1) is 6.61 Å².